The molecule has 0 unspecified atom stereocenters. The SMILES string of the molecule is F.Nc1nc(C(F)(F)F)nn1-c1cc(S(=O)(=O)O)c(C2CC2)cc1F. The van der Waals surface area contributed by atoms with Gasteiger partial charge in [-0.3, -0.25) is 9.26 Å². The van der Waals surface area contributed by atoms with Crippen LogP contribution in [0.1, 0.15) is 30.1 Å². The van der Waals surface area contributed by atoms with Gasteiger partial charge in [0, 0.05) is 0 Å². The van der Waals surface area contributed by atoms with Crippen LogP contribution in [-0.4, -0.2) is 27.7 Å². The van der Waals surface area contributed by atoms with Gasteiger partial charge >= 0.3 is 6.18 Å². The van der Waals surface area contributed by atoms with Crippen molar-refractivity contribution < 1.29 is 35.2 Å². The summed E-state index contributed by atoms with van der Waals surface area (Å²) in [7, 11) is -4.71. The van der Waals surface area contributed by atoms with Crippen LogP contribution in [0.15, 0.2) is 17.0 Å². The summed E-state index contributed by atoms with van der Waals surface area (Å²) in [5, 5.41) is 3.06. The maximum atomic E-state index is 14.3. The second kappa shape index (κ2) is 5.91. The van der Waals surface area contributed by atoms with Crippen molar-refractivity contribution in [1.29, 1.82) is 0 Å². The smallest absolute Gasteiger partial charge is 0.368 e. The highest BCUT2D eigenvalue weighted by atomic mass is 32.2. The summed E-state index contributed by atoms with van der Waals surface area (Å²) >= 11 is 0. The van der Waals surface area contributed by atoms with Crippen LogP contribution in [-0.2, 0) is 16.3 Å². The number of hydrogen-bond acceptors (Lipinski definition) is 5. The molecular weight excluding hydrogens is 375 g/mol. The van der Waals surface area contributed by atoms with Crippen LogP contribution >= 0.6 is 0 Å². The van der Waals surface area contributed by atoms with E-state index in [1.807, 2.05) is 0 Å². The molecule has 138 valence electrons. The molecule has 1 heterocycles. The van der Waals surface area contributed by atoms with Crippen molar-refractivity contribution >= 4 is 16.1 Å². The highest BCUT2D eigenvalue weighted by Gasteiger charge is 2.38. The molecule has 0 spiro atoms. The largest absolute Gasteiger partial charge is 0.453 e. The van der Waals surface area contributed by atoms with Gasteiger partial charge in [-0.25, -0.2) is 4.39 Å². The summed E-state index contributed by atoms with van der Waals surface area (Å²) in [5.74, 6) is -3.64. The molecule has 0 amide bonds. The zero-order valence-corrected chi connectivity index (χ0v) is 13.0. The fourth-order valence-electron chi connectivity index (χ4n) is 2.28. The molecule has 1 aliphatic carbocycles. The van der Waals surface area contributed by atoms with Crippen molar-refractivity contribution in [2.75, 3.05) is 5.73 Å². The molecule has 0 bridgehead atoms. The van der Waals surface area contributed by atoms with E-state index < -0.39 is 44.5 Å². The molecule has 1 saturated carbocycles. The van der Waals surface area contributed by atoms with Crippen molar-refractivity contribution in [1.82, 2.24) is 14.8 Å². The maximum Gasteiger partial charge on any atom is 0.453 e. The van der Waals surface area contributed by atoms with Gasteiger partial charge in [0.25, 0.3) is 15.9 Å². The van der Waals surface area contributed by atoms with E-state index in [1.165, 1.54) is 0 Å². The molecule has 3 rings (SSSR count). The van der Waals surface area contributed by atoms with E-state index in [0.717, 1.165) is 6.07 Å². The molecule has 1 aromatic heterocycles. The van der Waals surface area contributed by atoms with E-state index >= 15 is 0 Å². The van der Waals surface area contributed by atoms with Crippen molar-refractivity contribution in [3.8, 4) is 5.69 Å². The number of anilines is 1. The van der Waals surface area contributed by atoms with Gasteiger partial charge in [-0.2, -0.15) is 31.3 Å². The van der Waals surface area contributed by atoms with Crippen LogP contribution in [0.3, 0.4) is 0 Å². The molecule has 13 heteroatoms. The van der Waals surface area contributed by atoms with E-state index in [0.29, 0.717) is 23.6 Å². The molecule has 3 N–H and O–H groups in total. The molecule has 0 atom stereocenters. The highest BCUT2D eigenvalue weighted by molar-refractivity contribution is 7.85. The van der Waals surface area contributed by atoms with E-state index in [1.54, 1.807) is 0 Å². The van der Waals surface area contributed by atoms with Gasteiger partial charge < -0.3 is 5.73 Å². The van der Waals surface area contributed by atoms with Crippen LogP contribution in [0.2, 0.25) is 0 Å². The summed E-state index contributed by atoms with van der Waals surface area (Å²) in [6, 6.07) is 1.55. The molecule has 1 fully saturated rings. The second-order valence-electron chi connectivity index (χ2n) is 5.29. The van der Waals surface area contributed by atoms with Gasteiger partial charge in [0.2, 0.25) is 5.95 Å². The summed E-state index contributed by atoms with van der Waals surface area (Å²) < 4.78 is 84.8. The van der Waals surface area contributed by atoms with Crippen LogP contribution in [0.4, 0.5) is 28.2 Å². The van der Waals surface area contributed by atoms with Crippen LogP contribution in [0.25, 0.3) is 5.69 Å². The predicted octanol–water partition coefficient (Wildman–Crippen LogP) is 2.28. The summed E-state index contributed by atoms with van der Waals surface area (Å²) in [6.45, 7) is 0. The van der Waals surface area contributed by atoms with Gasteiger partial charge in [0.15, 0.2) is 0 Å². The molecule has 7 nitrogen and oxygen atoms in total. The van der Waals surface area contributed by atoms with E-state index in [4.69, 9.17) is 5.73 Å². The fraction of sp³-hybridized carbons (Fsp3) is 0.333. The Bertz CT molecular complexity index is 922. The number of nitrogen functional groups attached to an aromatic ring is 1. The average Bonchev–Trinajstić information content (AvgIpc) is 3.19. The van der Waals surface area contributed by atoms with Crippen molar-refractivity contribution in [2.45, 2.75) is 29.8 Å². The topological polar surface area (TPSA) is 111 Å². The third kappa shape index (κ3) is 3.56. The Hall–Kier alpha value is -2.28. The maximum absolute atomic E-state index is 14.3. The number of benzene rings is 1. The highest BCUT2D eigenvalue weighted by Crippen LogP contribution is 2.44. The average molecular weight is 386 g/mol. The zero-order valence-electron chi connectivity index (χ0n) is 12.2. The first-order valence-corrected chi connectivity index (χ1v) is 8.03. The number of halogens is 5. The number of nitrogens with zero attached hydrogens (tertiary/aromatic N) is 3. The molecule has 1 aliphatic rings. The number of nitrogens with two attached hydrogens (primary N) is 1. The van der Waals surface area contributed by atoms with Gasteiger partial charge in [-0.15, -0.1) is 5.10 Å². The first-order chi connectivity index (χ1) is 11.0. The minimum atomic E-state index is -4.91. The predicted molar refractivity (Wildman–Crippen MR) is 75.0 cm³/mol. The molecule has 0 radical (unpaired) electrons. The van der Waals surface area contributed by atoms with Crippen molar-refractivity contribution in [3.05, 3.63) is 29.3 Å². The molecule has 1 aromatic carbocycles. The molecule has 0 aliphatic heterocycles. The second-order valence-corrected chi connectivity index (χ2v) is 6.68. The van der Waals surface area contributed by atoms with Crippen LogP contribution < -0.4 is 5.73 Å². The summed E-state index contributed by atoms with van der Waals surface area (Å²) in [5.41, 5.74) is 4.72. The van der Waals surface area contributed by atoms with Crippen LogP contribution in [0.5, 0.6) is 0 Å². The lowest BCUT2D eigenvalue weighted by Crippen LogP contribution is -2.11. The first-order valence-electron chi connectivity index (χ1n) is 6.59. The lowest BCUT2D eigenvalue weighted by atomic mass is 10.1. The third-order valence-corrected chi connectivity index (χ3v) is 4.40. The van der Waals surface area contributed by atoms with Gasteiger partial charge in [0.1, 0.15) is 11.5 Å². The standard InChI is InChI=1S/C12H10F4N4O3S.FH/c13-7-3-6(5-1-2-5)9(24(21,22)23)4-8(7)20-11(17)18-10(19-20)12(14,15)16;/h3-5H,1-2H2,(H2,17,18,19)(H,21,22,23);1H. The van der Waals surface area contributed by atoms with Crippen LogP contribution in [0, 0.1) is 5.82 Å². The molecular formula is C12H11F5N4O3S. The Morgan fingerprint density at radius 3 is 2.32 bits per heavy atom. The number of hydrogen-bond donors (Lipinski definition) is 2. The number of aromatic nitrogens is 3. The van der Waals surface area contributed by atoms with Gasteiger partial charge in [-0.05, 0) is 36.5 Å². The molecule has 2 aromatic rings. The van der Waals surface area contributed by atoms with Gasteiger partial charge in [-0.1, -0.05) is 0 Å². The fourth-order valence-corrected chi connectivity index (χ4v) is 3.06. The zero-order chi connectivity index (χ0) is 17.9. The lowest BCUT2D eigenvalue weighted by Gasteiger charge is -2.11. The minimum absolute atomic E-state index is 0. The Balaban J connectivity index is 0.00000225. The monoisotopic (exact) mass is 386 g/mol. The van der Waals surface area contributed by atoms with E-state index in [9.17, 15) is 30.5 Å². The first kappa shape index (κ1) is 19.1. The summed E-state index contributed by atoms with van der Waals surface area (Å²) in [4.78, 5) is 2.39. The number of alkyl halides is 3. The Kier molecular flexibility index (Phi) is 4.50. The quantitative estimate of drug-likeness (QED) is 0.619. The third-order valence-electron chi connectivity index (χ3n) is 3.49. The lowest BCUT2D eigenvalue weighted by molar-refractivity contribution is -0.144. The Morgan fingerprint density at radius 2 is 1.88 bits per heavy atom. The minimum Gasteiger partial charge on any atom is -0.368 e. The normalized spacial score (nSPS) is 15.1. The number of rotatable bonds is 3. The summed E-state index contributed by atoms with van der Waals surface area (Å²) in [6.07, 6.45) is -3.67. The molecule has 25 heavy (non-hydrogen) atoms. The van der Waals surface area contributed by atoms with Crippen molar-refractivity contribution in [2.24, 2.45) is 0 Å². The molecule has 0 saturated heterocycles. The van der Waals surface area contributed by atoms with Gasteiger partial charge in [0.05, 0.1) is 4.90 Å². The van der Waals surface area contributed by atoms with Crippen molar-refractivity contribution in [3.63, 3.8) is 0 Å². The van der Waals surface area contributed by atoms with E-state index in [-0.39, 0.29) is 16.2 Å². The Morgan fingerprint density at radius 1 is 1.28 bits per heavy atom. The van der Waals surface area contributed by atoms with E-state index in [2.05, 4.69) is 10.1 Å². The Labute approximate surface area is 137 Å².